The molecular weight excluding hydrogens is 292 g/mol. The van der Waals surface area contributed by atoms with Gasteiger partial charge in [-0.1, -0.05) is 25.1 Å². The monoisotopic (exact) mass is 316 g/mol. The number of aryl methyl sites for hydroxylation is 1. The lowest BCUT2D eigenvalue weighted by Gasteiger charge is -2.18. The maximum absolute atomic E-state index is 5.54. The molecule has 5 heteroatoms. The second-order valence-corrected chi connectivity index (χ2v) is 6.41. The highest BCUT2D eigenvalue weighted by atomic mass is 16.5. The molecule has 1 fully saturated rings. The number of methoxy groups -OCH3 is 1. The molecule has 23 heavy (non-hydrogen) atoms. The van der Waals surface area contributed by atoms with Gasteiger partial charge in [-0.15, -0.1) is 0 Å². The van der Waals surface area contributed by atoms with Crippen LogP contribution in [0.3, 0.4) is 0 Å². The third kappa shape index (κ3) is 3.24. The molecule has 1 aliphatic rings. The number of hydrogen-bond donors (Lipinski definition) is 0. The van der Waals surface area contributed by atoms with Crippen LogP contribution in [0.5, 0.6) is 5.75 Å². The molecule has 5 nitrogen and oxygen atoms in total. The summed E-state index contributed by atoms with van der Waals surface area (Å²) in [4.78, 5) is 4.63. The van der Waals surface area contributed by atoms with E-state index in [1.165, 1.54) is 5.56 Å². The van der Waals surface area contributed by atoms with E-state index in [1.807, 2.05) is 6.07 Å². The zero-order valence-corrected chi connectivity index (χ0v) is 14.3. The third-order valence-electron chi connectivity index (χ3n) is 4.46. The second-order valence-electron chi connectivity index (χ2n) is 6.41. The van der Waals surface area contributed by atoms with Crippen LogP contribution in [0, 0.1) is 6.92 Å². The fourth-order valence-corrected chi connectivity index (χ4v) is 3.03. The van der Waals surface area contributed by atoms with Gasteiger partial charge in [0.05, 0.1) is 7.11 Å². The smallest absolute Gasteiger partial charge is 0.258 e. The highest BCUT2D eigenvalue weighted by Crippen LogP contribution is 2.34. The van der Waals surface area contributed by atoms with E-state index in [0.717, 1.165) is 48.8 Å². The van der Waals surface area contributed by atoms with Crippen LogP contribution in [0.25, 0.3) is 11.5 Å². The van der Waals surface area contributed by atoms with Crippen molar-refractivity contribution in [3.8, 4) is 17.2 Å². The molecule has 2 aromatic rings. The quantitative estimate of drug-likeness (QED) is 0.851. The first-order valence-electron chi connectivity index (χ1n) is 8.20. The molecule has 0 bridgehead atoms. The Bertz CT molecular complexity index is 673. The molecule has 0 atom stereocenters. The molecule has 3 rings (SSSR count). The van der Waals surface area contributed by atoms with Crippen LogP contribution in [0.2, 0.25) is 0 Å². The number of benzene rings is 1. The van der Waals surface area contributed by atoms with E-state index >= 15 is 0 Å². The minimum atomic E-state index is 0.332. The Kier molecular flexibility index (Phi) is 4.66. The van der Waals surface area contributed by atoms with Crippen LogP contribution in [0.15, 0.2) is 16.7 Å². The molecule has 1 aromatic heterocycles. The summed E-state index contributed by atoms with van der Waals surface area (Å²) in [6.45, 7) is 7.92. The molecule has 0 unspecified atom stereocenters. The van der Waals surface area contributed by atoms with E-state index in [0.29, 0.717) is 17.7 Å². The van der Waals surface area contributed by atoms with Crippen molar-refractivity contribution in [3.63, 3.8) is 0 Å². The fraction of sp³-hybridized carbons (Fsp3) is 0.556. The Labute approximate surface area is 137 Å². The zero-order valence-electron chi connectivity index (χ0n) is 14.3. The van der Waals surface area contributed by atoms with Crippen molar-refractivity contribution in [1.29, 1.82) is 0 Å². The standard InChI is InChI=1S/C18H24N2O3/c1-11(2)14-9-12(3)15(10-16(14)21-4)18-19-17(20-23-18)13-5-7-22-8-6-13/h9-11,13H,5-8H2,1-4H3. The largest absolute Gasteiger partial charge is 0.496 e. The lowest BCUT2D eigenvalue weighted by Crippen LogP contribution is -2.15. The minimum absolute atomic E-state index is 0.332. The Hall–Kier alpha value is -1.88. The lowest BCUT2D eigenvalue weighted by atomic mass is 9.96. The first-order chi connectivity index (χ1) is 11.1. The molecule has 0 spiro atoms. The highest BCUT2D eigenvalue weighted by Gasteiger charge is 2.23. The first kappa shape index (κ1) is 16.0. The van der Waals surface area contributed by atoms with Gasteiger partial charge in [0.2, 0.25) is 0 Å². The van der Waals surface area contributed by atoms with Crippen molar-refractivity contribution < 1.29 is 14.0 Å². The molecule has 0 amide bonds. The number of hydrogen-bond acceptors (Lipinski definition) is 5. The van der Waals surface area contributed by atoms with Gasteiger partial charge in [0.15, 0.2) is 5.82 Å². The van der Waals surface area contributed by atoms with Crippen LogP contribution < -0.4 is 4.74 Å². The molecule has 0 aliphatic carbocycles. The SMILES string of the molecule is COc1cc(-c2nc(C3CCOCC3)no2)c(C)cc1C(C)C. The zero-order chi connectivity index (χ0) is 16.4. The van der Waals surface area contributed by atoms with Crippen molar-refractivity contribution in [2.75, 3.05) is 20.3 Å². The van der Waals surface area contributed by atoms with Gasteiger partial charge in [-0.25, -0.2) is 0 Å². The highest BCUT2D eigenvalue weighted by molar-refractivity contribution is 5.63. The van der Waals surface area contributed by atoms with Crippen LogP contribution in [-0.4, -0.2) is 30.5 Å². The molecule has 1 saturated heterocycles. The molecule has 0 saturated carbocycles. The summed E-state index contributed by atoms with van der Waals surface area (Å²) in [7, 11) is 1.70. The summed E-state index contributed by atoms with van der Waals surface area (Å²) in [5.41, 5.74) is 3.26. The van der Waals surface area contributed by atoms with Crippen molar-refractivity contribution >= 4 is 0 Å². The van der Waals surface area contributed by atoms with E-state index in [1.54, 1.807) is 7.11 Å². The second kappa shape index (κ2) is 6.71. The predicted octanol–water partition coefficient (Wildman–Crippen LogP) is 4.07. The Balaban J connectivity index is 1.94. The van der Waals surface area contributed by atoms with Crippen LogP contribution in [0.1, 0.15) is 55.5 Å². The molecule has 124 valence electrons. The van der Waals surface area contributed by atoms with Gasteiger partial charge in [-0.2, -0.15) is 4.98 Å². The van der Waals surface area contributed by atoms with Gasteiger partial charge in [0.25, 0.3) is 5.89 Å². The number of rotatable bonds is 4. The van der Waals surface area contributed by atoms with Crippen molar-refractivity contribution in [2.45, 2.75) is 45.4 Å². The van der Waals surface area contributed by atoms with Gasteiger partial charge in [-0.3, -0.25) is 0 Å². The average Bonchev–Trinajstić information content (AvgIpc) is 3.05. The van der Waals surface area contributed by atoms with E-state index in [-0.39, 0.29) is 0 Å². The minimum Gasteiger partial charge on any atom is -0.496 e. The normalized spacial score (nSPS) is 16.0. The first-order valence-corrected chi connectivity index (χ1v) is 8.20. The molecule has 0 radical (unpaired) electrons. The molecular formula is C18H24N2O3. The fourth-order valence-electron chi connectivity index (χ4n) is 3.03. The molecule has 1 aliphatic heterocycles. The van der Waals surface area contributed by atoms with Gasteiger partial charge >= 0.3 is 0 Å². The van der Waals surface area contributed by atoms with Crippen molar-refractivity contribution in [3.05, 3.63) is 29.1 Å². The van der Waals surface area contributed by atoms with Gasteiger partial charge < -0.3 is 14.0 Å². The predicted molar refractivity (Wildman–Crippen MR) is 87.9 cm³/mol. The number of nitrogens with zero attached hydrogens (tertiary/aromatic N) is 2. The Morgan fingerprint density at radius 2 is 1.96 bits per heavy atom. The number of aromatic nitrogens is 2. The summed E-state index contributed by atoms with van der Waals surface area (Å²) < 4.78 is 16.5. The average molecular weight is 316 g/mol. The maximum atomic E-state index is 5.54. The van der Waals surface area contributed by atoms with Crippen molar-refractivity contribution in [2.24, 2.45) is 0 Å². The third-order valence-corrected chi connectivity index (χ3v) is 4.46. The molecule has 0 N–H and O–H groups in total. The topological polar surface area (TPSA) is 57.4 Å². The molecule has 1 aromatic carbocycles. The Morgan fingerprint density at radius 3 is 2.61 bits per heavy atom. The van der Waals surface area contributed by atoms with Crippen LogP contribution >= 0.6 is 0 Å². The van der Waals surface area contributed by atoms with Gasteiger partial charge in [0.1, 0.15) is 5.75 Å². The summed E-state index contributed by atoms with van der Waals surface area (Å²) >= 11 is 0. The van der Waals surface area contributed by atoms with Gasteiger partial charge in [0, 0.05) is 24.7 Å². The van der Waals surface area contributed by atoms with Crippen LogP contribution in [0.4, 0.5) is 0 Å². The Morgan fingerprint density at radius 1 is 1.22 bits per heavy atom. The van der Waals surface area contributed by atoms with E-state index in [2.05, 4.69) is 37.0 Å². The number of ether oxygens (including phenoxy) is 2. The van der Waals surface area contributed by atoms with E-state index in [4.69, 9.17) is 14.0 Å². The maximum Gasteiger partial charge on any atom is 0.258 e. The van der Waals surface area contributed by atoms with E-state index in [9.17, 15) is 0 Å². The summed E-state index contributed by atoms with van der Waals surface area (Å²) in [6, 6.07) is 4.16. The molecule has 2 heterocycles. The summed E-state index contributed by atoms with van der Waals surface area (Å²) in [6.07, 6.45) is 1.90. The van der Waals surface area contributed by atoms with E-state index < -0.39 is 0 Å². The van der Waals surface area contributed by atoms with Gasteiger partial charge in [-0.05, 0) is 42.9 Å². The van der Waals surface area contributed by atoms with Crippen LogP contribution in [-0.2, 0) is 4.74 Å². The summed E-state index contributed by atoms with van der Waals surface area (Å²) in [5, 5.41) is 4.19. The summed E-state index contributed by atoms with van der Waals surface area (Å²) in [5.74, 6) is 2.95. The lowest BCUT2D eigenvalue weighted by molar-refractivity contribution is 0.0830. The van der Waals surface area contributed by atoms with Crippen molar-refractivity contribution in [1.82, 2.24) is 10.1 Å².